The van der Waals surface area contributed by atoms with E-state index in [-0.39, 0.29) is 18.2 Å². The summed E-state index contributed by atoms with van der Waals surface area (Å²) in [7, 11) is 0. The Morgan fingerprint density at radius 1 is 1.09 bits per heavy atom. The van der Waals surface area contributed by atoms with E-state index in [4.69, 9.17) is 9.47 Å². The second kappa shape index (κ2) is 5.79. The number of nitrogens with one attached hydrogen (secondary N) is 2. The summed E-state index contributed by atoms with van der Waals surface area (Å²) in [5.41, 5.74) is 1.74. The van der Waals surface area contributed by atoms with Gasteiger partial charge < -0.3 is 20.1 Å². The molecule has 0 atom stereocenters. The lowest BCUT2D eigenvalue weighted by atomic mass is 10.1. The summed E-state index contributed by atoms with van der Waals surface area (Å²) in [4.78, 5) is 16.5. The first-order valence-electron chi connectivity index (χ1n) is 7.36. The first kappa shape index (κ1) is 15.1. The largest absolute Gasteiger partial charge is 0.454 e. The third-order valence-corrected chi connectivity index (χ3v) is 3.14. The molecule has 1 aromatic heterocycles. The lowest BCUT2D eigenvalue weighted by Gasteiger charge is -2.22. The highest BCUT2D eigenvalue weighted by atomic mass is 16.7. The first-order valence-corrected chi connectivity index (χ1v) is 7.36. The zero-order chi connectivity index (χ0) is 16.4. The van der Waals surface area contributed by atoms with Crippen LogP contribution in [0.2, 0.25) is 0 Å². The summed E-state index contributed by atoms with van der Waals surface area (Å²) in [5, 5.41) is 6.13. The molecule has 0 saturated carbocycles. The van der Waals surface area contributed by atoms with E-state index >= 15 is 0 Å². The van der Waals surface area contributed by atoms with Gasteiger partial charge in [0, 0.05) is 29.2 Å². The fourth-order valence-electron chi connectivity index (χ4n) is 2.23. The molecule has 1 aliphatic heterocycles. The monoisotopic (exact) mass is 313 g/mol. The van der Waals surface area contributed by atoms with E-state index < -0.39 is 0 Å². The van der Waals surface area contributed by atoms with Gasteiger partial charge >= 0.3 is 0 Å². The maximum absolute atomic E-state index is 12.4. The van der Waals surface area contributed by atoms with E-state index in [1.807, 2.05) is 6.07 Å². The van der Waals surface area contributed by atoms with Gasteiger partial charge in [-0.1, -0.05) is 0 Å². The molecule has 0 saturated heterocycles. The molecular formula is C17H19N3O3. The Morgan fingerprint density at radius 2 is 1.87 bits per heavy atom. The molecule has 0 fully saturated rings. The molecule has 0 spiro atoms. The molecule has 6 heteroatoms. The summed E-state index contributed by atoms with van der Waals surface area (Å²) in [6, 6.07) is 8.83. The van der Waals surface area contributed by atoms with Gasteiger partial charge in [0.05, 0.1) is 0 Å². The third kappa shape index (κ3) is 3.71. The number of nitrogens with zero attached hydrogens (tertiary/aromatic N) is 1. The van der Waals surface area contributed by atoms with Crippen molar-refractivity contribution in [3.8, 4) is 11.5 Å². The predicted octanol–water partition coefficient (Wildman–Crippen LogP) is 3.27. The molecule has 1 aromatic carbocycles. The molecule has 6 nitrogen and oxygen atoms in total. The Kier molecular flexibility index (Phi) is 3.82. The van der Waals surface area contributed by atoms with Crippen molar-refractivity contribution in [1.82, 2.24) is 4.98 Å². The number of hydrogen-bond donors (Lipinski definition) is 2. The minimum atomic E-state index is -0.276. The highest BCUT2D eigenvalue weighted by molar-refractivity contribution is 6.03. The van der Waals surface area contributed by atoms with E-state index in [0.717, 1.165) is 5.69 Å². The van der Waals surface area contributed by atoms with E-state index in [0.29, 0.717) is 22.9 Å². The maximum atomic E-state index is 12.4. The van der Waals surface area contributed by atoms with Crippen molar-refractivity contribution < 1.29 is 14.3 Å². The number of rotatable bonds is 3. The van der Waals surface area contributed by atoms with E-state index in [9.17, 15) is 4.79 Å². The average molecular weight is 313 g/mol. The number of ether oxygens (including phenoxy) is 2. The number of benzene rings is 1. The van der Waals surface area contributed by atoms with Gasteiger partial charge in [-0.15, -0.1) is 0 Å². The molecule has 1 aliphatic rings. The molecular weight excluding hydrogens is 294 g/mol. The minimum Gasteiger partial charge on any atom is -0.454 e. The normalized spacial score (nSPS) is 12.8. The second-order valence-electron chi connectivity index (χ2n) is 6.33. The number of carbonyl (C=O) groups excluding carboxylic acids is 1. The topological polar surface area (TPSA) is 72.5 Å². The molecule has 23 heavy (non-hydrogen) atoms. The van der Waals surface area contributed by atoms with E-state index in [1.54, 1.807) is 30.5 Å². The average Bonchev–Trinajstić information content (AvgIpc) is 2.93. The Bertz CT molecular complexity index is 738. The predicted molar refractivity (Wildman–Crippen MR) is 88.1 cm³/mol. The van der Waals surface area contributed by atoms with Crippen LogP contribution < -0.4 is 20.1 Å². The number of amides is 1. The molecule has 2 aromatic rings. The van der Waals surface area contributed by atoms with Crippen molar-refractivity contribution in [3.05, 3.63) is 42.2 Å². The zero-order valence-corrected chi connectivity index (χ0v) is 13.3. The lowest BCUT2D eigenvalue weighted by Crippen LogP contribution is -2.26. The summed E-state index contributed by atoms with van der Waals surface area (Å²) >= 11 is 0. The van der Waals surface area contributed by atoms with Crippen molar-refractivity contribution in [2.45, 2.75) is 26.3 Å². The molecule has 2 N–H and O–H groups in total. The minimum absolute atomic E-state index is 0.0909. The van der Waals surface area contributed by atoms with Crippen molar-refractivity contribution in [1.29, 1.82) is 0 Å². The van der Waals surface area contributed by atoms with Crippen LogP contribution in [0.25, 0.3) is 0 Å². The van der Waals surface area contributed by atoms with Gasteiger partial charge in [-0.25, -0.2) is 0 Å². The fraction of sp³-hybridized carbons (Fsp3) is 0.294. The van der Waals surface area contributed by atoms with E-state index in [1.165, 1.54) is 0 Å². The zero-order valence-electron chi connectivity index (χ0n) is 13.3. The summed E-state index contributed by atoms with van der Waals surface area (Å²) in [6.07, 6.45) is 1.61. The standard InChI is InChI=1S/C17H19N3O3/c1-17(2,3)20-12-6-7-18-13(8-12)16(21)19-11-4-5-14-15(9-11)23-10-22-14/h4-9H,10H2,1-3H3,(H,18,20)(H,19,21). The number of carbonyl (C=O) groups is 1. The van der Waals surface area contributed by atoms with Crippen molar-refractivity contribution >= 4 is 17.3 Å². The highest BCUT2D eigenvalue weighted by Crippen LogP contribution is 2.34. The summed E-state index contributed by atoms with van der Waals surface area (Å²) in [6.45, 7) is 6.37. The molecule has 2 heterocycles. The van der Waals surface area contributed by atoms with Gasteiger partial charge in [-0.2, -0.15) is 0 Å². The molecule has 0 radical (unpaired) electrons. The molecule has 1 amide bonds. The van der Waals surface area contributed by atoms with Crippen LogP contribution in [0.3, 0.4) is 0 Å². The Balaban J connectivity index is 1.74. The lowest BCUT2D eigenvalue weighted by molar-refractivity contribution is 0.102. The van der Waals surface area contributed by atoms with Gasteiger partial charge in [0.2, 0.25) is 6.79 Å². The Morgan fingerprint density at radius 3 is 2.65 bits per heavy atom. The SMILES string of the molecule is CC(C)(C)Nc1ccnc(C(=O)Nc2ccc3c(c2)OCO3)c1. The van der Waals surface area contributed by atoms with Crippen LogP contribution in [-0.4, -0.2) is 23.2 Å². The van der Waals surface area contributed by atoms with Crippen LogP contribution >= 0.6 is 0 Å². The first-order chi connectivity index (χ1) is 10.9. The van der Waals surface area contributed by atoms with Gasteiger partial charge in [0.25, 0.3) is 5.91 Å². The van der Waals surface area contributed by atoms with Crippen LogP contribution in [0, 0.1) is 0 Å². The molecule has 120 valence electrons. The number of hydrogen-bond acceptors (Lipinski definition) is 5. The van der Waals surface area contributed by atoms with Crippen molar-refractivity contribution in [2.24, 2.45) is 0 Å². The number of pyridine rings is 1. The highest BCUT2D eigenvalue weighted by Gasteiger charge is 2.16. The summed E-state index contributed by atoms with van der Waals surface area (Å²) in [5.74, 6) is 1.03. The quantitative estimate of drug-likeness (QED) is 0.910. The van der Waals surface area contributed by atoms with Crippen molar-refractivity contribution in [2.75, 3.05) is 17.4 Å². The second-order valence-corrected chi connectivity index (χ2v) is 6.33. The Labute approximate surface area is 134 Å². The van der Waals surface area contributed by atoms with Crippen LogP contribution in [-0.2, 0) is 0 Å². The molecule has 0 aliphatic carbocycles. The van der Waals surface area contributed by atoms with Gasteiger partial charge in [-0.05, 0) is 45.0 Å². The van der Waals surface area contributed by atoms with E-state index in [2.05, 4.69) is 36.4 Å². The van der Waals surface area contributed by atoms with Gasteiger partial charge in [-0.3, -0.25) is 9.78 Å². The van der Waals surface area contributed by atoms with Crippen LogP contribution in [0.15, 0.2) is 36.5 Å². The fourth-order valence-corrected chi connectivity index (χ4v) is 2.23. The van der Waals surface area contributed by atoms with Crippen molar-refractivity contribution in [3.63, 3.8) is 0 Å². The number of fused-ring (bicyclic) bond motifs is 1. The maximum Gasteiger partial charge on any atom is 0.274 e. The summed E-state index contributed by atoms with van der Waals surface area (Å²) < 4.78 is 10.6. The molecule has 0 bridgehead atoms. The Hall–Kier alpha value is -2.76. The molecule has 3 rings (SSSR count). The number of aromatic nitrogens is 1. The van der Waals surface area contributed by atoms with Crippen LogP contribution in [0.5, 0.6) is 11.5 Å². The van der Waals surface area contributed by atoms with Gasteiger partial charge in [0.1, 0.15) is 5.69 Å². The number of anilines is 2. The smallest absolute Gasteiger partial charge is 0.274 e. The molecule has 0 unspecified atom stereocenters. The van der Waals surface area contributed by atoms with Crippen LogP contribution in [0.4, 0.5) is 11.4 Å². The van der Waals surface area contributed by atoms with Gasteiger partial charge in [0.15, 0.2) is 11.5 Å². The van der Waals surface area contributed by atoms with Crippen LogP contribution in [0.1, 0.15) is 31.3 Å². The third-order valence-electron chi connectivity index (χ3n) is 3.14.